The highest BCUT2D eigenvalue weighted by Gasteiger charge is 2.11. The third-order valence-electron chi connectivity index (χ3n) is 3.83. The second-order valence-corrected chi connectivity index (χ2v) is 5.80. The Morgan fingerprint density at radius 1 is 0.964 bits per heavy atom. The summed E-state index contributed by atoms with van der Waals surface area (Å²) in [6.07, 6.45) is 1.42. The van der Waals surface area contributed by atoms with E-state index < -0.39 is 0 Å². The molecule has 7 nitrogen and oxygen atoms in total. The molecule has 0 aliphatic heterocycles. The van der Waals surface area contributed by atoms with Crippen LogP contribution in [0.25, 0.3) is 0 Å². The van der Waals surface area contributed by atoms with Crippen LogP contribution in [0.1, 0.15) is 20.9 Å². The first kappa shape index (κ1) is 19.0. The number of ether oxygens (including phenoxy) is 2. The van der Waals surface area contributed by atoms with Crippen LogP contribution in [-0.2, 0) is 0 Å². The fourth-order valence-corrected chi connectivity index (χ4v) is 2.47. The molecule has 7 heteroatoms. The Balaban J connectivity index is 1.49. The van der Waals surface area contributed by atoms with Crippen LogP contribution in [-0.4, -0.2) is 32.1 Å². The van der Waals surface area contributed by atoms with Crippen molar-refractivity contribution in [3.8, 4) is 11.5 Å². The lowest BCUT2D eigenvalue weighted by atomic mass is 10.2. The Labute approximate surface area is 162 Å². The largest absolute Gasteiger partial charge is 0.497 e. The van der Waals surface area contributed by atoms with Crippen molar-refractivity contribution in [3.63, 3.8) is 0 Å². The second kappa shape index (κ2) is 9.27. The summed E-state index contributed by atoms with van der Waals surface area (Å²) >= 11 is 0. The highest BCUT2D eigenvalue weighted by molar-refractivity contribution is 6.03. The molecule has 1 aromatic heterocycles. The van der Waals surface area contributed by atoms with E-state index in [1.54, 1.807) is 49.6 Å². The first-order valence-corrected chi connectivity index (χ1v) is 8.65. The van der Waals surface area contributed by atoms with Gasteiger partial charge in [-0.15, -0.1) is 0 Å². The fraction of sp³-hybridized carbons (Fsp3) is 0.143. The molecule has 2 N–H and O–H groups in total. The van der Waals surface area contributed by atoms with Crippen molar-refractivity contribution in [2.45, 2.75) is 0 Å². The van der Waals surface area contributed by atoms with Crippen LogP contribution in [0.4, 0.5) is 5.69 Å². The second-order valence-electron chi connectivity index (χ2n) is 5.80. The zero-order valence-electron chi connectivity index (χ0n) is 15.3. The number of carbonyl (C=O) groups excluding carboxylic acids is 2. The van der Waals surface area contributed by atoms with Crippen LogP contribution in [0.15, 0.2) is 71.3 Å². The van der Waals surface area contributed by atoms with Gasteiger partial charge in [-0.1, -0.05) is 12.1 Å². The Hall–Kier alpha value is -3.74. The lowest BCUT2D eigenvalue weighted by Gasteiger charge is -2.10. The predicted molar refractivity (Wildman–Crippen MR) is 104 cm³/mol. The summed E-state index contributed by atoms with van der Waals surface area (Å²) in [6, 6.07) is 17.1. The molecule has 0 aliphatic carbocycles. The van der Waals surface area contributed by atoms with Crippen molar-refractivity contribution in [1.29, 1.82) is 0 Å². The van der Waals surface area contributed by atoms with E-state index in [9.17, 15) is 9.59 Å². The van der Waals surface area contributed by atoms with E-state index in [1.165, 1.54) is 6.26 Å². The van der Waals surface area contributed by atoms with Gasteiger partial charge in [-0.3, -0.25) is 9.59 Å². The molecule has 0 fully saturated rings. The Morgan fingerprint density at radius 3 is 2.57 bits per heavy atom. The molecule has 0 unspecified atom stereocenters. The van der Waals surface area contributed by atoms with Crippen LogP contribution in [0, 0.1) is 0 Å². The van der Waals surface area contributed by atoms with E-state index >= 15 is 0 Å². The van der Waals surface area contributed by atoms with Crippen LogP contribution < -0.4 is 20.1 Å². The van der Waals surface area contributed by atoms with Crippen molar-refractivity contribution in [2.24, 2.45) is 0 Å². The first-order chi connectivity index (χ1) is 13.7. The van der Waals surface area contributed by atoms with Gasteiger partial charge in [-0.25, -0.2) is 0 Å². The summed E-state index contributed by atoms with van der Waals surface area (Å²) in [5.41, 5.74) is 0.931. The number of furan rings is 1. The molecule has 0 radical (unpaired) electrons. The van der Waals surface area contributed by atoms with E-state index in [4.69, 9.17) is 13.9 Å². The molecule has 28 heavy (non-hydrogen) atoms. The Kier molecular flexibility index (Phi) is 6.30. The first-order valence-electron chi connectivity index (χ1n) is 8.65. The minimum Gasteiger partial charge on any atom is -0.497 e. The number of anilines is 1. The molecular weight excluding hydrogens is 360 g/mol. The number of rotatable bonds is 8. The monoisotopic (exact) mass is 380 g/mol. The molecule has 2 amide bonds. The van der Waals surface area contributed by atoms with E-state index in [1.807, 2.05) is 18.2 Å². The molecule has 3 rings (SSSR count). The molecule has 3 aromatic rings. The molecule has 1 heterocycles. The van der Waals surface area contributed by atoms with Gasteiger partial charge in [0, 0.05) is 17.3 Å². The lowest BCUT2D eigenvalue weighted by Crippen LogP contribution is -2.28. The van der Waals surface area contributed by atoms with Crippen molar-refractivity contribution in [3.05, 3.63) is 78.3 Å². The third kappa shape index (κ3) is 5.14. The quantitative estimate of drug-likeness (QED) is 0.585. The maximum atomic E-state index is 12.3. The molecule has 0 spiro atoms. The van der Waals surface area contributed by atoms with Crippen LogP contribution in [0.2, 0.25) is 0 Å². The minimum absolute atomic E-state index is 0.199. The average molecular weight is 380 g/mol. The normalized spacial score (nSPS) is 10.2. The lowest BCUT2D eigenvalue weighted by molar-refractivity contribution is 0.0945. The molecule has 0 atom stereocenters. The zero-order chi connectivity index (χ0) is 19.8. The Bertz CT molecular complexity index is 937. The standard InChI is InChI=1S/C21H20N2O5/c1-26-17-7-3-8-18(14-17)27-12-10-22-20(24)15-5-2-6-16(13-15)23-21(25)19-9-4-11-28-19/h2-9,11,13-14H,10,12H2,1H3,(H,22,24)(H,23,25). The van der Waals surface area contributed by atoms with Crippen molar-refractivity contribution < 1.29 is 23.5 Å². The summed E-state index contributed by atoms with van der Waals surface area (Å²) in [5, 5.41) is 5.47. The van der Waals surface area contributed by atoms with Gasteiger partial charge >= 0.3 is 0 Å². The van der Waals surface area contributed by atoms with Crippen molar-refractivity contribution >= 4 is 17.5 Å². The summed E-state index contributed by atoms with van der Waals surface area (Å²) in [4.78, 5) is 24.3. The SMILES string of the molecule is COc1cccc(OCCNC(=O)c2cccc(NC(=O)c3ccco3)c2)c1. The van der Waals surface area contributed by atoms with Crippen LogP contribution in [0.3, 0.4) is 0 Å². The predicted octanol–water partition coefficient (Wildman–Crippen LogP) is 3.35. The number of hydrogen-bond acceptors (Lipinski definition) is 5. The Morgan fingerprint density at radius 2 is 1.79 bits per heavy atom. The molecule has 0 aliphatic rings. The smallest absolute Gasteiger partial charge is 0.291 e. The van der Waals surface area contributed by atoms with Gasteiger partial charge in [0.1, 0.15) is 18.1 Å². The summed E-state index contributed by atoms with van der Waals surface area (Å²) in [7, 11) is 1.59. The number of carbonyl (C=O) groups is 2. The average Bonchev–Trinajstić information content (AvgIpc) is 3.26. The van der Waals surface area contributed by atoms with Gasteiger partial charge < -0.3 is 24.5 Å². The van der Waals surface area contributed by atoms with Crippen molar-refractivity contribution in [1.82, 2.24) is 5.32 Å². The number of amides is 2. The third-order valence-corrected chi connectivity index (χ3v) is 3.83. The topological polar surface area (TPSA) is 89.8 Å². The van der Waals surface area contributed by atoms with Crippen LogP contribution in [0.5, 0.6) is 11.5 Å². The van der Waals surface area contributed by atoms with Crippen LogP contribution >= 0.6 is 0 Å². The van der Waals surface area contributed by atoms with Gasteiger partial charge in [-0.05, 0) is 42.5 Å². The highest BCUT2D eigenvalue weighted by atomic mass is 16.5. The number of methoxy groups -OCH3 is 1. The fourth-order valence-electron chi connectivity index (χ4n) is 2.47. The van der Waals surface area contributed by atoms with Gasteiger partial charge in [0.05, 0.1) is 19.9 Å². The molecule has 0 saturated heterocycles. The van der Waals surface area contributed by atoms with Gasteiger partial charge in [-0.2, -0.15) is 0 Å². The molecule has 0 bridgehead atoms. The maximum absolute atomic E-state index is 12.3. The number of benzene rings is 2. The molecule has 0 saturated carbocycles. The summed E-state index contributed by atoms with van der Waals surface area (Å²) < 4.78 is 15.8. The highest BCUT2D eigenvalue weighted by Crippen LogP contribution is 2.18. The summed E-state index contributed by atoms with van der Waals surface area (Å²) in [5.74, 6) is 0.924. The van der Waals surface area contributed by atoms with Gasteiger partial charge in [0.15, 0.2) is 5.76 Å². The van der Waals surface area contributed by atoms with Gasteiger partial charge in [0.25, 0.3) is 11.8 Å². The van der Waals surface area contributed by atoms with E-state index in [2.05, 4.69) is 10.6 Å². The molecule has 2 aromatic carbocycles. The van der Waals surface area contributed by atoms with E-state index in [-0.39, 0.29) is 17.6 Å². The van der Waals surface area contributed by atoms with Gasteiger partial charge in [0.2, 0.25) is 0 Å². The summed E-state index contributed by atoms with van der Waals surface area (Å²) in [6.45, 7) is 0.646. The van der Waals surface area contributed by atoms with Crippen molar-refractivity contribution in [2.75, 3.05) is 25.6 Å². The zero-order valence-corrected chi connectivity index (χ0v) is 15.3. The number of hydrogen-bond donors (Lipinski definition) is 2. The number of nitrogens with one attached hydrogen (secondary N) is 2. The molecular formula is C21H20N2O5. The van der Waals surface area contributed by atoms with E-state index in [0.717, 1.165) is 0 Å². The minimum atomic E-state index is -0.380. The van der Waals surface area contributed by atoms with E-state index in [0.29, 0.717) is 35.9 Å². The maximum Gasteiger partial charge on any atom is 0.291 e. The molecule has 144 valence electrons.